The molecule has 106 valence electrons. The number of halogens is 1. The molecule has 2 rings (SSSR count). The molecule has 0 atom stereocenters. The second kappa shape index (κ2) is 5.74. The molecule has 0 unspecified atom stereocenters. The summed E-state index contributed by atoms with van der Waals surface area (Å²) in [6.07, 6.45) is 3.12. The molecule has 0 saturated carbocycles. The average Bonchev–Trinajstić information content (AvgIpc) is 2.34. The summed E-state index contributed by atoms with van der Waals surface area (Å²) in [5.74, 6) is -0.360. The zero-order valence-corrected chi connectivity index (χ0v) is 11.8. The lowest BCUT2D eigenvalue weighted by atomic mass is 10.1. The van der Waals surface area contributed by atoms with Gasteiger partial charge in [-0.1, -0.05) is 0 Å². The summed E-state index contributed by atoms with van der Waals surface area (Å²) in [6, 6.07) is 1.50. The highest BCUT2D eigenvalue weighted by molar-refractivity contribution is 5.41. The number of hydrogen-bond donors (Lipinski definition) is 1. The van der Waals surface area contributed by atoms with E-state index < -0.39 is 0 Å². The second-order valence-electron chi connectivity index (χ2n) is 5.62. The SMILES string of the molecule is CC(C)Nc1cc(F)cn(C2CCN(C)CC2)c1=O. The van der Waals surface area contributed by atoms with E-state index in [4.69, 9.17) is 0 Å². The van der Waals surface area contributed by atoms with Crippen LogP contribution in [0, 0.1) is 5.82 Å². The van der Waals surface area contributed by atoms with Crippen molar-refractivity contribution in [3.63, 3.8) is 0 Å². The fourth-order valence-electron chi connectivity index (χ4n) is 2.53. The van der Waals surface area contributed by atoms with Gasteiger partial charge in [-0.15, -0.1) is 0 Å². The van der Waals surface area contributed by atoms with Crippen molar-refractivity contribution < 1.29 is 4.39 Å². The molecule has 1 saturated heterocycles. The van der Waals surface area contributed by atoms with Crippen LogP contribution < -0.4 is 10.9 Å². The summed E-state index contributed by atoms with van der Waals surface area (Å²) in [4.78, 5) is 14.6. The maximum atomic E-state index is 13.7. The van der Waals surface area contributed by atoms with Crippen LogP contribution in [0.3, 0.4) is 0 Å². The Morgan fingerprint density at radius 2 is 2.00 bits per heavy atom. The van der Waals surface area contributed by atoms with Crippen LogP contribution in [0.1, 0.15) is 32.7 Å². The van der Waals surface area contributed by atoms with Gasteiger partial charge in [0.2, 0.25) is 0 Å². The molecule has 1 aliphatic heterocycles. The largest absolute Gasteiger partial charge is 0.378 e. The first-order chi connectivity index (χ1) is 8.97. The van der Waals surface area contributed by atoms with Gasteiger partial charge in [-0.05, 0) is 46.8 Å². The molecule has 0 aliphatic carbocycles. The molecule has 0 aromatic carbocycles. The van der Waals surface area contributed by atoms with Gasteiger partial charge in [0.1, 0.15) is 11.5 Å². The third-order valence-corrected chi connectivity index (χ3v) is 3.54. The van der Waals surface area contributed by atoms with Gasteiger partial charge in [0.05, 0.1) is 0 Å². The third-order valence-electron chi connectivity index (χ3n) is 3.54. The van der Waals surface area contributed by atoms with E-state index in [2.05, 4.69) is 17.3 Å². The van der Waals surface area contributed by atoms with E-state index in [-0.39, 0.29) is 23.5 Å². The predicted molar refractivity (Wildman–Crippen MR) is 75.2 cm³/mol. The van der Waals surface area contributed by atoms with Crippen molar-refractivity contribution in [3.8, 4) is 0 Å². The lowest BCUT2D eigenvalue weighted by Crippen LogP contribution is -2.36. The summed E-state index contributed by atoms with van der Waals surface area (Å²) in [5.41, 5.74) is 0.235. The highest BCUT2D eigenvalue weighted by Crippen LogP contribution is 2.21. The number of nitrogens with zero attached hydrogens (tertiary/aromatic N) is 2. The van der Waals surface area contributed by atoms with Crippen molar-refractivity contribution in [1.29, 1.82) is 0 Å². The minimum absolute atomic E-state index is 0.104. The van der Waals surface area contributed by atoms with Crippen LogP contribution in [0.5, 0.6) is 0 Å². The maximum absolute atomic E-state index is 13.7. The Balaban J connectivity index is 2.30. The predicted octanol–water partition coefficient (Wildman–Crippen LogP) is 2.07. The van der Waals surface area contributed by atoms with E-state index in [1.54, 1.807) is 4.57 Å². The lowest BCUT2D eigenvalue weighted by Gasteiger charge is -2.30. The van der Waals surface area contributed by atoms with E-state index in [0.717, 1.165) is 25.9 Å². The van der Waals surface area contributed by atoms with Crippen LogP contribution in [-0.4, -0.2) is 35.6 Å². The zero-order chi connectivity index (χ0) is 14.0. The number of piperidine rings is 1. The lowest BCUT2D eigenvalue weighted by molar-refractivity contribution is 0.218. The molecule has 1 aliphatic rings. The molecule has 1 aromatic rings. The minimum atomic E-state index is -0.360. The van der Waals surface area contributed by atoms with Crippen molar-refractivity contribution >= 4 is 5.69 Å². The van der Waals surface area contributed by atoms with Crippen molar-refractivity contribution in [3.05, 3.63) is 28.4 Å². The summed E-state index contributed by atoms with van der Waals surface area (Å²) in [7, 11) is 2.07. The second-order valence-corrected chi connectivity index (χ2v) is 5.62. The molecular weight excluding hydrogens is 245 g/mol. The summed E-state index contributed by atoms with van der Waals surface area (Å²) in [5, 5.41) is 3.02. The fraction of sp³-hybridized carbons (Fsp3) is 0.643. The van der Waals surface area contributed by atoms with Crippen LogP contribution in [-0.2, 0) is 0 Å². The van der Waals surface area contributed by atoms with Gasteiger partial charge >= 0.3 is 0 Å². The molecule has 0 spiro atoms. The van der Waals surface area contributed by atoms with Gasteiger partial charge in [0, 0.05) is 24.3 Å². The van der Waals surface area contributed by atoms with Crippen molar-refractivity contribution in [2.24, 2.45) is 0 Å². The number of likely N-dealkylation sites (tertiary alicyclic amines) is 1. The summed E-state index contributed by atoms with van der Waals surface area (Å²) in [6.45, 7) is 5.76. The van der Waals surface area contributed by atoms with E-state index in [1.807, 2.05) is 13.8 Å². The van der Waals surface area contributed by atoms with Gasteiger partial charge in [0.15, 0.2) is 0 Å². The molecule has 19 heavy (non-hydrogen) atoms. The molecule has 5 heteroatoms. The Labute approximate surface area is 113 Å². The number of hydrogen-bond acceptors (Lipinski definition) is 3. The Morgan fingerprint density at radius 3 is 2.58 bits per heavy atom. The van der Waals surface area contributed by atoms with Crippen molar-refractivity contribution in [1.82, 2.24) is 9.47 Å². The normalized spacial score (nSPS) is 17.9. The van der Waals surface area contributed by atoms with Gasteiger partial charge in [0.25, 0.3) is 5.56 Å². The number of pyridine rings is 1. The van der Waals surface area contributed by atoms with Crippen LogP contribution in [0.15, 0.2) is 17.1 Å². The van der Waals surface area contributed by atoms with Crippen LogP contribution in [0.25, 0.3) is 0 Å². The Kier molecular flexibility index (Phi) is 4.24. The molecule has 0 amide bonds. The first kappa shape index (κ1) is 14.1. The highest BCUT2D eigenvalue weighted by Gasteiger charge is 2.20. The molecule has 1 aromatic heterocycles. The summed E-state index contributed by atoms with van der Waals surface area (Å²) < 4.78 is 15.2. The molecule has 1 fully saturated rings. The Morgan fingerprint density at radius 1 is 1.37 bits per heavy atom. The van der Waals surface area contributed by atoms with Gasteiger partial charge in [-0.25, -0.2) is 4.39 Å². The number of aromatic nitrogens is 1. The number of anilines is 1. The van der Waals surface area contributed by atoms with E-state index in [9.17, 15) is 9.18 Å². The van der Waals surface area contributed by atoms with Crippen LogP contribution in [0.2, 0.25) is 0 Å². The standard InChI is InChI=1S/C14H22FN3O/c1-10(2)16-13-8-11(15)9-18(14(13)19)12-4-6-17(3)7-5-12/h8-10,12,16H,4-7H2,1-3H3. The Hall–Kier alpha value is -1.36. The first-order valence-electron chi connectivity index (χ1n) is 6.84. The van der Waals surface area contributed by atoms with Crippen molar-refractivity contribution in [2.75, 3.05) is 25.5 Å². The third kappa shape index (κ3) is 3.35. The van der Waals surface area contributed by atoms with Gasteiger partial charge in [-0.3, -0.25) is 4.79 Å². The minimum Gasteiger partial charge on any atom is -0.378 e. The van der Waals surface area contributed by atoms with Gasteiger partial charge in [-0.2, -0.15) is 0 Å². The molecule has 0 radical (unpaired) electrons. The summed E-state index contributed by atoms with van der Waals surface area (Å²) >= 11 is 0. The Bertz CT molecular complexity index is 490. The quantitative estimate of drug-likeness (QED) is 0.911. The average molecular weight is 267 g/mol. The topological polar surface area (TPSA) is 37.3 Å². The number of nitrogens with one attached hydrogen (secondary N) is 1. The maximum Gasteiger partial charge on any atom is 0.274 e. The van der Waals surface area contributed by atoms with Crippen LogP contribution >= 0.6 is 0 Å². The molecular formula is C14H22FN3O. The monoisotopic (exact) mass is 267 g/mol. The molecule has 0 bridgehead atoms. The molecule has 2 heterocycles. The van der Waals surface area contributed by atoms with Crippen molar-refractivity contribution in [2.45, 2.75) is 38.8 Å². The van der Waals surface area contributed by atoms with E-state index in [0.29, 0.717) is 5.69 Å². The fourth-order valence-corrected chi connectivity index (χ4v) is 2.53. The molecule has 4 nitrogen and oxygen atoms in total. The number of rotatable bonds is 3. The van der Waals surface area contributed by atoms with E-state index >= 15 is 0 Å². The highest BCUT2D eigenvalue weighted by atomic mass is 19.1. The zero-order valence-electron chi connectivity index (χ0n) is 11.8. The smallest absolute Gasteiger partial charge is 0.274 e. The molecule has 1 N–H and O–H groups in total. The van der Waals surface area contributed by atoms with E-state index in [1.165, 1.54) is 12.3 Å². The van der Waals surface area contributed by atoms with Crippen LogP contribution in [0.4, 0.5) is 10.1 Å². The first-order valence-corrected chi connectivity index (χ1v) is 6.84. The van der Waals surface area contributed by atoms with Gasteiger partial charge < -0.3 is 14.8 Å².